The fourth-order valence-corrected chi connectivity index (χ4v) is 2.16. The quantitative estimate of drug-likeness (QED) is 0.754. The van der Waals surface area contributed by atoms with E-state index in [1.54, 1.807) is 11.6 Å². The molecular formula is C13H14N2O3. The minimum atomic E-state index is -0.359. The Morgan fingerprint density at radius 2 is 2.17 bits per heavy atom. The summed E-state index contributed by atoms with van der Waals surface area (Å²) in [6.07, 6.45) is -0.359. The molecule has 94 valence electrons. The number of aryl methyl sites for hydroxylation is 1. The molecule has 5 nitrogen and oxygen atoms in total. The van der Waals surface area contributed by atoms with Crippen LogP contribution in [0.2, 0.25) is 0 Å². The highest BCUT2D eigenvalue weighted by Crippen LogP contribution is 2.18. The predicted octanol–water partition coefficient (Wildman–Crippen LogP) is 1.02. The highest BCUT2D eigenvalue weighted by Gasteiger charge is 2.22. The molecule has 0 aliphatic carbocycles. The zero-order valence-electron chi connectivity index (χ0n) is 10.1. The third kappa shape index (κ3) is 1.81. The van der Waals surface area contributed by atoms with E-state index in [0.29, 0.717) is 25.5 Å². The van der Waals surface area contributed by atoms with Gasteiger partial charge in [0.15, 0.2) is 0 Å². The minimum Gasteiger partial charge on any atom is -0.376 e. The van der Waals surface area contributed by atoms with Crippen molar-refractivity contribution in [2.75, 3.05) is 19.8 Å². The smallest absolute Gasteiger partial charge is 0.275 e. The number of nitrogens with zero attached hydrogens (tertiary/aromatic N) is 2. The second kappa shape index (κ2) is 4.51. The van der Waals surface area contributed by atoms with Gasteiger partial charge in [0.25, 0.3) is 5.56 Å². The first kappa shape index (κ1) is 11.4. The SMILES string of the molecule is Cn1c(=O)c([C@@H]2COCCO2)nc2ccccc21. The van der Waals surface area contributed by atoms with E-state index in [-0.39, 0.29) is 11.7 Å². The third-order valence-corrected chi connectivity index (χ3v) is 3.13. The van der Waals surface area contributed by atoms with Crippen molar-refractivity contribution in [2.45, 2.75) is 6.10 Å². The molecule has 2 aromatic rings. The molecule has 3 rings (SSSR count). The van der Waals surface area contributed by atoms with Crippen molar-refractivity contribution in [3.8, 4) is 0 Å². The van der Waals surface area contributed by atoms with Crippen LogP contribution in [0.25, 0.3) is 11.0 Å². The fourth-order valence-electron chi connectivity index (χ4n) is 2.16. The monoisotopic (exact) mass is 246 g/mol. The van der Waals surface area contributed by atoms with Gasteiger partial charge in [-0.1, -0.05) is 12.1 Å². The summed E-state index contributed by atoms with van der Waals surface area (Å²) >= 11 is 0. The molecule has 0 N–H and O–H groups in total. The van der Waals surface area contributed by atoms with Gasteiger partial charge < -0.3 is 14.0 Å². The minimum absolute atomic E-state index is 0.121. The highest BCUT2D eigenvalue weighted by molar-refractivity contribution is 5.74. The van der Waals surface area contributed by atoms with Gasteiger partial charge in [-0.3, -0.25) is 4.79 Å². The second-order valence-electron chi connectivity index (χ2n) is 4.28. The van der Waals surface area contributed by atoms with E-state index in [0.717, 1.165) is 11.0 Å². The summed E-state index contributed by atoms with van der Waals surface area (Å²) in [5, 5.41) is 0. The van der Waals surface area contributed by atoms with Gasteiger partial charge in [-0.2, -0.15) is 0 Å². The Hall–Kier alpha value is -1.72. The Kier molecular flexibility index (Phi) is 2.85. The summed E-state index contributed by atoms with van der Waals surface area (Å²) in [4.78, 5) is 16.7. The van der Waals surface area contributed by atoms with Gasteiger partial charge in [-0.15, -0.1) is 0 Å². The third-order valence-electron chi connectivity index (χ3n) is 3.13. The molecule has 1 saturated heterocycles. The molecule has 1 atom stereocenters. The molecule has 0 unspecified atom stereocenters. The van der Waals surface area contributed by atoms with Crippen LogP contribution in [-0.2, 0) is 16.5 Å². The summed E-state index contributed by atoms with van der Waals surface area (Å²) in [6.45, 7) is 1.47. The Morgan fingerprint density at radius 3 is 2.94 bits per heavy atom. The summed E-state index contributed by atoms with van der Waals surface area (Å²) in [5.74, 6) is 0. The zero-order valence-corrected chi connectivity index (χ0v) is 10.1. The van der Waals surface area contributed by atoms with Crippen LogP contribution in [0.15, 0.2) is 29.1 Å². The number of para-hydroxylation sites is 2. The summed E-state index contributed by atoms with van der Waals surface area (Å²) in [5.41, 5.74) is 1.92. The lowest BCUT2D eigenvalue weighted by molar-refractivity contribution is -0.0923. The molecule has 1 aliphatic rings. The first-order chi connectivity index (χ1) is 8.77. The summed E-state index contributed by atoms with van der Waals surface area (Å²) < 4.78 is 12.5. The van der Waals surface area contributed by atoms with Crippen molar-refractivity contribution in [3.05, 3.63) is 40.3 Å². The van der Waals surface area contributed by atoms with Crippen molar-refractivity contribution >= 4 is 11.0 Å². The largest absolute Gasteiger partial charge is 0.376 e. The normalized spacial score (nSPS) is 20.2. The average molecular weight is 246 g/mol. The number of rotatable bonds is 1. The van der Waals surface area contributed by atoms with Gasteiger partial charge in [0.2, 0.25) is 0 Å². The molecule has 0 radical (unpaired) electrons. The van der Waals surface area contributed by atoms with E-state index in [4.69, 9.17) is 9.47 Å². The van der Waals surface area contributed by atoms with Crippen LogP contribution in [0.1, 0.15) is 11.8 Å². The number of fused-ring (bicyclic) bond motifs is 1. The molecule has 0 saturated carbocycles. The van der Waals surface area contributed by atoms with E-state index >= 15 is 0 Å². The Labute approximate surface area is 104 Å². The zero-order chi connectivity index (χ0) is 12.5. The van der Waals surface area contributed by atoms with Crippen molar-refractivity contribution in [1.29, 1.82) is 0 Å². The van der Waals surface area contributed by atoms with Crippen LogP contribution in [0, 0.1) is 0 Å². The van der Waals surface area contributed by atoms with Gasteiger partial charge in [0.05, 0.1) is 30.9 Å². The Bertz CT molecular complexity index is 630. The molecule has 0 bridgehead atoms. The molecule has 5 heteroatoms. The van der Waals surface area contributed by atoms with E-state index in [9.17, 15) is 4.79 Å². The van der Waals surface area contributed by atoms with Crippen LogP contribution < -0.4 is 5.56 Å². The molecule has 1 fully saturated rings. The second-order valence-corrected chi connectivity index (χ2v) is 4.28. The average Bonchev–Trinajstić information content (AvgIpc) is 2.44. The lowest BCUT2D eigenvalue weighted by atomic mass is 10.2. The maximum Gasteiger partial charge on any atom is 0.275 e. The van der Waals surface area contributed by atoms with Gasteiger partial charge >= 0.3 is 0 Å². The van der Waals surface area contributed by atoms with Crippen molar-refractivity contribution < 1.29 is 9.47 Å². The van der Waals surface area contributed by atoms with Crippen LogP contribution in [0.5, 0.6) is 0 Å². The molecule has 1 aromatic heterocycles. The Morgan fingerprint density at radius 1 is 1.33 bits per heavy atom. The standard InChI is InChI=1S/C13H14N2O3/c1-15-10-5-3-2-4-9(10)14-12(13(15)16)11-8-17-6-7-18-11/h2-5,11H,6-8H2,1H3/t11-/m0/s1. The van der Waals surface area contributed by atoms with Gasteiger partial charge in [-0.05, 0) is 12.1 Å². The van der Waals surface area contributed by atoms with Gasteiger partial charge in [0.1, 0.15) is 11.8 Å². The Balaban J connectivity index is 2.17. The lowest BCUT2D eigenvalue weighted by Gasteiger charge is -2.22. The van der Waals surface area contributed by atoms with Gasteiger partial charge in [0, 0.05) is 7.05 Å². The number of hydrogen-bond donors (Lipinski definition) is 0. The molecule has 1 aromatic carbocycles. The molecule has 0 spiro atoms. The maximum absolute atomic E-state index is 12.2. The summed E-state index contributed by atoms with van der Waals surface area (Å²) in [7, 11) is 1.75. The first-order valence-corrected chi connectivity index (χ1v) is 5.92. The van der Waals surface area contributed by atoms with Crippen LogP contribution in [0.3, 0.4) is 0 Å². The number of hydrogen-bond acceptors (Lipinski definition) is 4. The molecule has 0 amide bonds. The molecular weight excluding hydrogens is 232 g/mol. The number of benzene rings is 1. The van der Waals surface area contributed by atoms with Crippen molar-refractivity contribution in [3.63, 3.8) is 0 Å². The predicted molar refractivity (Wildman–Crippen MR) is 66.5 cm³/mol. The van der Waals surface area contributed by atoms with E-state index in [2.05, 4.69) is 4.98 Å². The number of aromatic nitrogens is 2. The first-order valence-electron chi connectivity index (χ1n) is 5.92. The van der Waals surface area contributed by atoms with Crippen LogP contribution in [0.4, 0.5) is 0 Å². The molecule has 18 heavy (non-hydrogen) atoms. The molecule has 2 heterocycles. The number of ether oxygens (including phenoxy) is 2. The van der Waals surface area contributed by atoms with Crippen LogP contribution >= 0.6 is 0 Å². The van der Waals surface area contributed by atoms with E-state index in [1.807, 2.05) is 24.3 Å². The van der Waals surface area contributed by atoms with E-state index < -0.39 is 0 Å². The summed E-state index contributed by atoms with van der Waals surface area (Å²) in [6, 6.07) is 7.57. The van der Waals surface area contributed by atoms with Gasteiger partial charge in [-0.25, -0.2) is 4.98 Å². The van der Waals surface area contributed by atoms with Crippen molar-refractivity contribution in [1.82, 2.24) is 9.55 Å². The highest BCUT2D eigenvalue weighted by atomic mass is 16.6. The van der Waals surface area contributed by atoms with E-state index in [1.165, 1.54) is 0 Å². The fraction of sp³-hybridized carbons (Fsp3) is 0.385. The van der Waals surface area contributed by atoms with Crippen LogP contribution in [-0.4, -0.2) is 29.4 Å². The maximum atomic E-state index is 12.2. The lowest BCUT2D eigenvalue weighted by Crippen LogP contribution is -2.31. The topological polar surface area (TPSA) is 53.4 Å². The molecule has 1 aliphatic heterocycles. The van der Waals surface area contributed by atoms with Crippen molar-refractivity contribution in [2.24, 2.45) is 7.05 Å².